The number of Topliss-reactive ketones (excluding diaryl/α,β-unsaturated/α-hetero) is 1. The molecule has 0 fully saturated rings. The molecule has 0 spiro atoms. The number of sulfone groups is 1. The second kappa shape index (κ2) is 8.70. The molecule has 2 heterocycles. The van der Waals surface area contributed by atoms with E-state index in [1.54, 1.807) is 48.5 Å². The fourth-order valence-electron chi connectivity index (χ4n) is 3.24. The molecule has 0 saturated carbocycles. The maximum Gasteiger partial charge on any atom is 0.243 e. The van der Waals surface area contributed by atoms with E-state index in [1.165, 1.54) is 11.8 Å². The van der Waals surface area contributed by atoms with E-state index < -0.39 is 27.0 Å². The van der Waals surface area contributed by atoms with E-state index in [4.69, 9.17) is 28.0 Å². The van der Waals surface area contributed by atoms with Gasteiger partial charge < -0.3 is 4.84 Å². The van der Waals surface area contributed by atoms with Crippen molar-refractivity contribution in [3.63, 3.8) is 0 Å². The molecule has 2 aromatic carbocycles. The van der Waals surface area contributed by atoms with Gasteiger partial charge in [-0.05, 0) is 36.4 Å². The van der Waals surface area contributed by atoms with Gasteiger partial charge in [-0.1, -0.05) is 40.5 Å². The first-order valence-electron chi connectivity index (χ1n) is 9.02. The lowest BCUT2D eigenvalue weighted by molar-refractivity contribution is 0.0815. The molecular formula is C20H16Cl2N2O4S2. The molecule has 0 saturated heterocycles. The molecule has 0 aliphatic carbocycles. The average Bonchev–Trinajstić information content (AvgIpc) is 3.38. The molecule has 2 unspecified atom stereocenters. The van der Waals surface area contributed by atoms with Crippen LogP contribution in [-0.4, -0.2) is 48.4 Å². The highest BCUT2D eigenvalue weighted by atomic mass is 35.5. The van der Waals surface area contributed by atoms with E-state index in [0.717, 1.165) is 5.75 Å². The van der Waals surface area contributed by atoms with Crippen molar-refractivity contribution in [3.05, 3.63) is 69.7 Å². The zero-order chi connectivity index (χ0) is 21.3. The highest BCUT2D eigenvalue weighted by Crippen LogP contribution is 2.32. The molecule has 0 radical (unpaired) electrons. The topological polar surface area (TPSA) is 85.2 Å². The van der Waals surface area contributed by atoms with Crippen molar-refractivity contribution in [2.75, 3.05) is 18.1 Å². The molecule has 2 aliphatic rings. The van der Waals surface area contributed by atoms with Crippen LogP contribution in [0.3, 0.4) is 0 Å². The summed E-state index contributed by atoms with van der Waals surface area (Å²) in [5, 5.41) is 5.52. The van der Waals surface area contributed by atoms with Crippen LogP contribution < -0.4 is 0 Å². The monoisotopic (exact) mass is 482 g/mol. The molecule has 2 atom stereocenters. The number of carbonyl (C=O) groups is 1. The van der Waals surface area contributed by atoms with Gasteiger partial charge in [-0.3, -0.25) is 9.79 Å². The largest absolute Gasteiger partial charge is 0.375 e. The third-order valence-corrected chi connectivity index (χ3v) is 8.12. The summed E-state index contributed by atoms with van der Waals surface area (Å²) in [5.41, 5.74) is -0.294. The number of hydrogen-bond acceptors (Lipinski definition) is 7. The Hall–Kier alpha value is -1.87. The van der Waals surface area contributed by atoms with Crippen molar-refractivity contribution in [2.45, 2.75) is 5.44 Å². The van der Waals surface area contributed by atoms with Crippen LogP contribution in [0.1, 0.15) is 15.9 Å². The highest BCUT2D eigenvalue weighted by Gasteiger charge is 2.48. The Morgan fingerprint density at radius 3 is 2.30 bits per heavy atom. The summed E-state index contributed by atoms with van der Waals surface area (Å²) in [6.45, 7) is 0.584. The summed E-state index contributed by atoms with van der Waals surface area (Å²) in [7, 11) is -3.86. The lowest BCUT2D eigenvalue weighted by Gasteiger charge is -2.18. The predicted octanol–water partition coefficient (Wildman–Crippen LogP) is 4.11. The number of benzene rings is 2. The van der Waals surface area contributed by atoms with Crippen LogP contribution in [0.4, 0.5) is 0 Å². The van der Waals surface area contributed by atoms with E-state index in [2.05, 4.69) is 10.1 Å². The first-order chi connectivity index (χ1) is 14.3. The third kappa shape index (κ3) is 4.42. The molecule has 30 heavy (non-hydrogen) atoms. The number of halogens is 2. The van der Waals surface area contributed by atoms with Crippen LogP contribution in [0.2, 0.25) is 10.0 Å². The van der Waals surface area contributed by atoms with Gasteiger partial charge in [-0.2, -0.15) is 0 Å². The molecule has 156 valence electrons. The summed E-state index contributed by atoms with van der Waals surface area (Å²) >= 11 is 13.3. The molecule has 2 aliphatic heterocycles. The first kappa shape index (κ1) is 21.4. The maximum absolute atomic E-state index is 13.4. The fraction of sp³-hybridized carbons (Fsp3) is 0.250. The molecule has 6 nitrogen and oxygen atoms in total. The Kier molecular flexibility index (Phi) is 6.20. The number of hydrogen-bond donors (Lipinski definition) is 0. The van der Waals surface area contributed by atoms with Gasteiger partial charge in [0.1, 0.15) is 17.4 Å². The second-order valence-electron chi connectivity index (χ2n) is 6.74. The van der Waals surface area contributed by atoms with Crippen LogP contribution in [0.15, 0.2) is 58.7 Å². The van der Waals surface area contributed by atoms with E-state index in [9.17, 15) is 13.2 Å². The highest BCUT2D eigenvalue weighted by molar-refractivity contribution is 8.15. The summed E-state index contributed by atoms with van der Waals surface area (Å²) in [4.78, 5) is 22.9. The van der Waals surface area contributed by atoms with Crippen LogP contribution in [0.25, 0.3) is 0 Å². The lowest BCUT2D eigenvalue weighted by atomic mass is 9.90. The van der Waals surface area contributed by atoms with Crippen molar-refractivity contribution in [2.24, 2.45) is 16.1 Å². The molecule has 0 N–H and O–H groups in total. The predicted molar refractivity (Wildman–Crippen MR) is 121 cm³/mol. The van der Waals surface area contributed by atoms with Gasteiger partial charge in [0.2, 0.25) is 5.44 Å². The smallest absolute Gasteiger partial charge is 0.243 e. The molecule has 4 rings (SSSR count). The summed E-state index contributed by atoms with van der Waals surface area (Å²) in [5.74, 6) is -1.07. The molecule has 0 bridgehead atoms. The lowest BCUT2D eigenvalue weighted by Crippen LogP contribution is -2.39. The fourth-order valence-corrected chi connectivity index (χ4v) is 6.36. The van der Waals surface area contributed by atoms with Crippen LogP contribution >= 0.6 is 35.0 Å². The van der Waals surface area contributed by atoms with Gasteiger partial charge >= 0.3 is 0 Å². The van der Waals surface area contributed by atoms with Gasteiger partial charge in [0.05, 0.1) is 5.04 Å². The Labute approximate surface area is 188 Å². The van der Waals surface area contributed by atoms with Gasteiger partial charge in [0.15, 0.2) is 15.6 Å². The zero-order valence-corrected chi connectivity index (χ0v) is 18.6. The Morgan fingerprint density at radius 2 is 1.70 bits per heavy atom. The number of oxime groups is 1. The van der Waals surface area contributed by atoms with Crippen molar-refractivity contribution < 1.29 is 18.0 Å². The van der Waals surface area contributed by atoms with Crippen molar-refractivity contribution in [3.8, 4) is 0 Å². The van der Waals surface area contributed by atoms with Gasteiger partial charge in [-0.15, -0.1) is 11.8 Å². The van der Waals surface area contributed by atoms with Gasteiger partial charge in [0.25, 0.3) is 0 Å². The maximum atomic E-state index is 13.4. The minimum atomic E-state index is -3.86. The number of carbonyl (C=O) groups excluding carboxylic acids is 1. The van der Waals surface area contributed by atoms with Gasteiger partial charge in [0, 0.05) is 33.5 Å². The summed E-state index contributed by atoms with van der Waals surface area (Å²) in [6.07, 6.45) is 0. The molecule has 10 heteroatoms. The van der Waals surface area contributed by atoms with E-state index in [0.29, 0.717) is 32.8 Å². The number of nitrogens with zero attached hydrogens (tertiary/aromatic N) is 2. The zero-order valence-electron chi connectivity index (χ0n) is 15.5. The van der Waals surface area contributed by atoms with Crippen LogP contribution in [0, 0.1) is 5.92 Å². The van der Waals surface area contributed by atoms with Crippen molar-refractivity contribution in [1.82, 2.24) is 0 Å². The van der Waals surface area contributed by atoms with Crippen molar-refractivity contribution in [1.29, 1.82) is 0 Å². The van der Waals surface area contributed by atoms with Crippen molar-refractivity contribution >= 4 is 61.3 Å². The molecule has 0 aromatic heterocycles. The Bertz CT molecular complexity index is 1130. The number of aliphatic imine (C=N–C) groups is 1. The molecule has 0 amide bonds. The summed E-state index contributed by atoms with van der Waals surface area (Å²) < 4.78 is 26.3. The number of rotatable bonds is 6. The standard InChI is InChI=1S/C20H16Cl2N2O4S2/c21-14-5-1-12(2-6-14)18-17(19(25)13-3-7-15(22)8-4-13)20(28-24-18)30(26,27)11-16-23-9-10-29-16/h1-8,17,20H,9-11H2. The summed E-state index contributed by atoms with van der Waals surface area (Å²) in [6, 6.07) is 12.9. The van der Waals surface area contributed by atoms with Gasteiger partial charge in [-0.25, -0.2) is 8.42 Å². The SMILES string of the molecule is O=C(c1ccc(Cl)cc1)C1C(c2ccc(Cl)cc2)=NOC1S(=O)(=O)CC1=NCCS1. The molecular weight excluding hydrogens is 467 g/mol. The minimum Gasteiger partial charge on any atom is -0.375 e. The quantitative estimate of drug-likeness (QED) is 0.578. The Morgan fingerprint density at radius 1 is 1.07 bits per heavy atom. The van der Waals surface area contributed by atoms with Crippen LogP contribution in [-0.2, 0) is 14.7 Å². The third-order valence-electron chi connectivity index (χ3n) is 4.70. The van der Waals surface area contributed by atoms with Crippen LogP contribution in [0.5, 0.6) is 0 Å². The number of ketones is 1. The number of thioether (sulfide) groups is 1. The first-order valence-corrected chi connectivity index (χ1v) is 12.5. The Balaban J connectivity index is 1.71. The van der Waals surface area contributed by atoms with E-state index in [-0.39, 0.29) is 11.5 Å². The average molecular weight is 483 g/mol. The molecule has 2 aromatic rings. The second-order valence-corrected chi connectivity index (χ2v) is 10.9. The minimum absolute atomic E-state index is 0.251. The van der Waals surface area contributed by atoms with E-state index in [1.807, 2.05) is 0 Å². The normalized spacial score (nSPS) is 21.1. The van der Waals surface area contributed by atoms with E-state index >= 15 is 0 Å².